The fraction of sp³-hybridized carbons (Fsp3) is 1.00. The number of rotatable bonds is 2. The van der Waals surface area contributed by atoms with E-state index in [1.165, 1.54) is 25.7 Å². The topological polar surface area (TPSA) is 46.9 Å². The summed E-state index contributed by atoms with van der Waals surface area (Å²) < 4.78 is 0. The highest BCUT2D eigenvalue weighted by Crippen LogP contribution is 2.21. The molecule has 0 amide bonds. The fourth-order valence-electron chi connectivity index (χ4n) is 3.22. The van der Waals surface area contributed by atoms with Gasteiger partial charge in [0.15, 0.2) is 0 Å². The second-order valence-electron chi connectivity index (χ2n) is 6.88. The van der Waals surface area contributed by atoms with Gasteiger partial charge < -0.3 is 20.0 Å². The molecule has 0 spiro atoms. The third-order valence-electron chi connectivity index (χ3n) is 4.70. The van der Waals surface area contributed by atoms with Crippen LogP contribution in [0.5, 0.6) is 0 Å². The van der Waals surface area contributed by atoms with Crippen LogP contribution in [0.4, 0.5) is 0 Å². The van der Waals surface area contributed by atoms with Gasteiger partial charge >= 0.3 is 0 Å². The lowest BCUT2D eigenvalue weighted by Gasteiger charge is -2.30. The van der Waals surface area contributed by atoms with Gasteiger partial charge in [-0.1, -0.05) is 0 Å². The third kappa shape index (κ3) is 9.53. The van der Waals surface area contributed by atoms with Gasteiger partial charge in [0.1, 0.15) is 0 Å². The first-order valence-electron chi connectivity index (χ1n) is 8.09. The van der Waals surface area contributed by atoms with Gasteiger partial charge in [0.25, 0.3) is 0 Å². The van der Waals surface area contributed by atoms with Crippen LogP contribution in [0.25, 0.3) is 0 Å². The molecule has 2 saturated carbocycles. The smallest absolute Gasteiger partial charge is 0.0555 e. The Kier molecular flexibility index (Phi) is 14.3. The van der Waals surface area contributed by atoms with Crippen LogP contribution in [-0.4, -0.2) is 72.5 Å². The van der Waals surface area contributed by atoms with Gasteiger partial charge in [0, 0.05) is 12.1 Å². The minimum atomic E-state index is -0.0406. The Labute approximate surface area is 149 Å². The average molecular weight is 359 g/mol. The first kappa shape index (κ1) is 24.7. The van der Waals surface area contributed by atoms with Crippen molar-refractivity contribution in [3.63, 3.8) is 0 Å². The molecule has 0 aliphatic heterocycles. The Morgan fingerprint density at radius 3 is 1.14 bits per heavy atom. The number of nitrogens with zero attached hydrogens (tertiary/aromatic N) is 2. The molecule has 2 rings (SSSR count). The first-order valence-corrected chi connectivity index (χ1v) is 8.09. The Hall–Kier alpha value is 0.420. The van der Waals surface area contributed by atoms with E-state index in [4.69, 9.17) is 0 Å². The maximum atomic E-state index is 9.30. The van der Waals surface area contributed by atoms with E-state index in [2.05, 4.69) is 38.0 Å². The van der Waals surface area contributed by atoms with Crippen LogP contribution in [0.15, 0.2) is 0 Å². The molecular weight excluding hydrogens is 323 g/mol. The van der Waals surface area contributed by atoms with Gasteiger partial charge in [0.05, 0.1) is 12.2 Å². The van der Waals surface area contributed by atoms with Gasteiger partial charge in [-0.3, -0.25) is 0 Å². The van der Waals surface area contributed by atoms with Crippen molar-refractivity contribution in [2.75, 3.05) is 28.2 Å². The minimum absolute atomic E-state index is 0. The van der Waals surface area contributed by atoms with E-state index in [-0.39, 0.29) is 37.0 Å². The number of aliphatic hydroxyl groups is 2. The van der Waals surface area contributed by atoms with Crippen LogP contribution in [0, 0.1) is 0 Å². The molecule has 136 valence electrons. The molecule has 0 bridgehead atoms. The summed E-state index contributed by atoms with van der Waals surface area (Å²) in [5.74, 6) is 0. The molecule has 0 saturated heterocycles. The number of hydrogen-bond donors (Lipinski definition) is 2. The normalized spacial score (nSPS) is 31.6. The summed E-state index contributed by atoms with van der Waals surface area (Å²) in [6.07, 6.45) is 8.74. The zero-order chi connectivity index (χ0) is 15.1. The molecule has 4 atom stereocenters. The van der Waals surface area contributed by atoms with Crippen molar-refractivity contribution in [2.45, 2.75) is 75.7 Å². The summed E-state index contributed by atoms with van der Waals surface area (Å²) in [5.41, 5.74) is 0. The molecule has 4 nitrogen and oxygen atoms in total. The largest absolute Gasteiger partial charge is 0.393 e. The van der Waals surface area contributed by atoms with Crippen molar-refractivity contribution in [1.82, 2.24) is 9.80 Å². The van der Waals surface area contributed by atoms with Crippen molar-refractivity contribution in [2.24, 2.45) is 0 Å². The summed E-state index contributed by atoms with van der Waals surface area (Å²) in [4.78, 5) is 4.42. The fourth-order valence-corrected chi connectivity index (χ4v) is 3.22. The van der Waals surface area contributed by atoms with E-state index >= 15 is 0 Å². The zero-order valence-corrected chi connectivity index (χ0v) is 16.2. The lowest BCUT2D eigenvalue weighted by Crippen LogP contribution is -2.34. The van der Waals surface area contributed by atoms with Gasteiger partial charge in [-0.15, -0.1) is 24.8 Å². The first-order chi connectivity index (χ1) is 9.40. The van der Waals surface area contributed by atoms with Crippen LogP contribution >= 0.6 is 24.8 Å². The molecule has 0 aromatic rings. The molecule has 2 aliphatic rings. The van der Waals surface area contributed by atoms with Crippen LogP contribution in [0.1, 0.15) is 51.4 Å². The van der Waals surface area contributed by atoms with Crippen LogP contribution < -0.4 is 0 Å². The quantitative estimate of drug-likeness (QED) is 0.796. The van der Waals surface area contributed by atoms with Gasteiger partial charge in [-0.25, -0.2) is 0 Å². The maximum absolute atomic E-state index is 9.30. The highest BCUT2D eigenvalue weighted by atomic mass is 35.5. The number of hydrogen-bond acceptors (Lipinski definition) is 4. The van der Waals surface area contributed by atoms with Gasteiger partial charge in [-0.05, 0) is 79.6 Å². The molecule has 2 fully saturated rings. The third-order valence-corrected chi connectivity index (χ3v) is 4.70. The highest BCUT2D eigenvalue weighted by Gasteiger charge is 2.21. The van der Waals surface area contributed by atoms with E-state index < -0.39 is 0 Å². The molecule has 22 heavy (non-hydrogen) atoms. The average Bonchev–Trinajstić information content (AvgIpc) is 2.39. The zero-order valence-electron chi connectivity index (χ0n) is 14.6. The maximum Gasteiger partial charge on any atom is 0.0555 e. The second-order valence-corrected chi connectivity index (χ2v) is 6.88. The van der Waals surface area contributed by atoms with Crippen molar-refractivity contribution in [3.8, 4) is 0 Å². The van der Waals surface area contributed by atoms with Crippen molar-refractivity contribution in [3.05, 3.63) is 0 Å². The predicted octanol–water partition coefficient (Wildman–Crippen LogP) is 2.55. The standard InChI is InChI=1S/2C8H17NO.2ClH/c2*1-9(2)7-4-3-5-8(10)6-7;;/h2*7-8,10H,3-6H2,1-2H3;2*1H/t2*7-,8+;;/m10../s1. The lowest BCUT2D eigenvalue weighted by molar-refractivity contribution is 0.0818. The molecule has 0 heterocycles. The van der Waals surface area contributed by atoms with Crippen molar-refractivity contribution >= 4 is 24.8 Å². The van der Waals surface area contributed by atoms with Crippen molar-refractivity contribution < 1.29 is 10.2 Å². The summed E-state index contributed by atoms with van der Waals surface area (Å²) in [6, 6.07) is 1.23. The summed E-state index contributed by atoms with van der Waals surface area (Å²) in [6.45, 7) is 0. The highest BCUT2D eigenvalue weighted by molar-refractivity contribution is 5.85. The van der Waals surface area contributed by atoms with Crippen LogP contribution in [0.2, 0.25) is 0 Å². The van der Waals surface area contributed by atoms with E-state index in [9.17, 15) is 10.2 Å². The number of halogens is 2. The minimum Gasteiger partial charge on any atom is -0.393 e. The van der Waals surface area contributed by atoms with E-state index in [0.717, 1.165) is 25.7 Å². The molecule has 0 unspecified atom stereocenters. The summed E-state index contributed by atoms with van der Waals surface area (Å²) in [5, 5.41) is 18.6. The summed E-state index contributed by atoms with van der Waals surface area (Å²) in [7, 11) is 8.34. The molecular formula is C16H36Cl2N2O2. The Morgan fingerprint density at radius 2 is 0.955 bits per heavy atom. The van der Waals surface area contributed by atoms with Gasteiger partial charge in [-0.2, -0.15) is 0 Å². The van der Waals surface area contributed by atoms with Gasteiger partial charge in [0.2, 0.25) is 0 Å². The van der Waals surface area contributed by atoms with Crippen LogP contribution in [-0.2, 0) is 0 Å². The monoisotopic (exact) mass is 358 g/mol. The predicted molar refractivity (Wildman–Crippen MR) is 98.4 cm³/mol. The molecule has 2 aliphatic carbocycles. The summed E-state index contributed by atoms with van der Waals surface area (Å²) >= 11 is 0. The van der Waals surface area contributed by atoms with E-state index in [1.807, 2.05) is 0 Å². The Bertz CT molecular complexity index is 243. The van der Waals surface area contributed by atoms with Crippen LogP contribution in [0.3, 0.4) is 0 Å². The number of aliphatic hydroxyl groups excluding tert-OH is 2. The molecule has 0 radical (unpaired) electrons. The van der Waals surface area contributed by atoms with Crippen molar-refractivity contribution in [1.29, 1.82) is 0 Å². The van der Waals surface area contributed by atoms with E-state index in [0.29, 0.717) is 12.1 Å². The molecule has 0 aromatic carbocycles. The van der Waals surface area contributed by atoms with E-state index in [1.54, 1.807) is 0 Å². The molecule has 2 N–H and O–H groups in total. The lowest BCUT2D eigenvalue weighted by atomic mass is 9.92. The molecule has 6 heteroatoms. The Morgan fingerprint density at radius 1 is 0.636 bits per heavy atom. The molecule has 0 aromatic heterocycles. The SMILES string of the molecule is CN(C)[C@@H]1CCC[C@H](O)C1.CN(C)[C@H]1CCC[C@@H](O)C1.Cl.Cl. The second kappa shape index (κ2) is 12.8. The Balaban J connectivity index is 0.